The van der Waals surface area contributed by atoms with Gasteiger partial charge >= 0.3 is 7.12 Å². The van der Waals surface area contributed by atoms with Crippen molar-refractivity contribution < 1.29 is 14.8 Å². The third kappa shape index (κ3) is 3.15. The molecular weight excluding hydrogens is 251 g/mol. The van der Waals surface area contributed by atoms with E-state index < -0.39 is 7.12 Å². The molecule has 0 aliphatic heterocycles. The highest BCUT2D eigenvalue weighted by atomic mass is 16.4. The lowest BCUT2D eigenvalue weighted by Gasteiger charge is -2.08. The standard InChI is InChI=1S/C16H17BO3/c1-11(2)16(18)14-7-3-5-12(9-14)13-6-4-8-15(10-13)17(19)20/h3-11,19-20H,1-2H3. The number of carbonyl (C=O) groups is 1. The van der Waals surface area contributed by atoms with Gasteiger partial charge in [-0.3, -0.25) is 4.79 Å². The summed E-state index contributed by atoms with van der Waals surface area (Å²) in [6.07, 6.45) is 0. The van der Waals surface area contributed by atoms with E-state index in [1.165, 1.54) is 0 Å². The van der Waals surface area contributed by atoms with E-state index in [0.717, 1.165) is 11.1 Å². The van der Waals surface area contributed by atoms with E-state index >= 15 is 0 Å². The Bertz CT molecular complexity index is 621. The van der Waals surface area contributed by atoms with Crippen LogP contribution in [0.1, 0.15) is 24.2 Å². The molecule has 2 N–H and O–H groups in total. The minimum absolute atomic E-state index is 0.0455. The van der Waals surface area contributed by atoms with Crippen LogP contribution in [0.4, 0.5) is 0 Å². The number of hydrogen-bond donors (Lipinski definition) is 2. The van der Waals surface area contributed by atoms with Crippen LogP contribution >= 0.6 is 0 Å². The summed E-state index contributed by atoms with van der Waals surface area (Å²) >= 11 is 0. The molecule has 0 amide bonds. The summed E-state index contributed by atoms with van der Waals surface area (Å²) in [5, 5.41) is 18.4. The van der Waals surface area contributed by atoms with Gasteiger partial charge in [0.05, 0.1) is 0 Å². The van der Waals surface area contributed by atoms with E-state index in [9.17, 15) is 14.8 Å². The van der Waals surface area contributed by atoms with Gasteiger partial charge in [-0.15, -0.1) is 0 Å². The van der Waals surface area contributed by atoms with Crippen LogP contribution < -0.4 is 5.46 Å². The summed E-state index contributed by atoms with van der Waals surface area (Å²) in [6, 6.07) is 14.4. The molecule has 0 atom stereocenters. The first-order chi connectivity index (χ1) is 9.49. The second kappa shape index (κ2) is 6.03. The number of Topliss-reactive ketones (excluding diaryl/α,β-unsaturated/α-hetero) is 1. The number of carbonyl (C=O) groups excluding carboxylic acids is 1. The predicted molar refractivity (Wildman–Crippen MR) is 80.9 cm³/mol. The molecule has 0 aliphatic rings. The van der Waals surface area contributed by atoms with E-state index in [2.05, 4.69) is 0 Å². The Hall–Kier alpha value is -1.91. The van der Waals surface area contributed by atoms with E-state index in [1.807, 2.05) is 38.1 Å². The van der Waals surface area contributed by atoms with Crippen molar-refractivity contribution in [2.45, 2.75) is 13.8 Å². The Labute approximate surface area is 119 Å². The Morgan fingerprint density at radius 3 is 2.20 bits per heavy atom. The average Bonchev–Trinajstić information content (AvgIpc) is 2.46. The maximum Gasteiger partial charge on any atom is 0.488 e. The molecule has 2 aromatic rings. The SMILES string of the molecule is CC(C)C(=O)c1cccc(-c2cccc(B(O)O)c2)c1. The molecule has 4 heteroatoms. The van der Waals surface area contributed by atoms with Crippen LogP contribution in [0.25, 0.3) is 11.1 Å². The molecule has 20 heavy (non-hydrogen) atoms. The number of ketones is 1. The van der Waals surface area contributed by atoms with Gasteiger partial charge in [0.1, 0.15) is 0 Å². The molecule has 0 aromatic heterocycles. The quantitative estimate of drug-likeness (QED) is 0.657. The van der Waals surface area contributed by atoms with Crippen LogP contribution in [0.5, 0.6) is 0 Å². The fourth-order valence-corrected chi connectivity index (χ4v) is 2.06. The molecule has 0 saturated heterocycles. The van der Waals surface area contributed by atoms with Crippen molar-refractivity contribution in [1.29, 1.82) is 0 Å². The molecule has 0 bridgehead atoms. The fourth-order valence-electron chi connectivity index (χ4n) is 2.06. The highest BCUT2D eigenvalue weighted by molar-refractivity contribution is 6.58. The first-order valence-corrected chi connectivity index (χ1v) is 6.60. The van der Waals surface area contributed by atoms with Crippen LogP contribution in [0.2, 0.25) is 0 Å². The molecule has 102 valence electrons. The summed E-state index contributed by atoms with van der Waals surface area (Å²) < 4.78 is 0. The second-order valence-corrected chi connectivity index (χ2v) is 5.10. The minimum Gasteiger partial charge on any atom is -0.423 e. The van der Waals surface area contributed by atoms with Gasteiger partial charge in [0.25, 0.3) is 0 Å². The Morgan fingerprint density at radius 2 is 1.60 bits per heavy atom. The Morgan fingerprint density at radius 1 is 1.00 bits per heavy atom. The zero-order valence-corrected chi connectivity index (χ0v) is 11.6. The van der Waals surface area contributed by atoms with Gasteiger partial charge in [0.15, 0.2) is 5.78 Å². The molecule has 2 aromatic carbocycles. The monoisotopic (exact) mass is 268 g/mol. The molecule has 0 heterocycles. The molecule has 0 saturated carbocycles. The van der Waals surface area contributed by atoms with Crippen molar-refractivity contribution in [3.63, 3.8) is 0 Å². The van der Waals surface area contributed by atoms with Crippen molar-refractivity contribution in [2.75, 3.05) is 0 Å². The zero-order valence-electron chi connectivity index (χ0n) is 11.6. The molecule has 2 rings (SSSR count). The molecule has 0 aliphatic carbocycles. The summed E-state index contributed by atoms with van der Waals surface area (Å²) in [5.41, 5.74) is 2.85. The van der Waals surface area contributed by atoms with Gasteiger partial charge in [-0.1, -0.05) is 56.3 Å². The highest BCUT2D eigenvalue weighted by Crippen LogP contribution is 2.21. The van der Waals surface area contributed by atoms with E-state index in [1.54, 1.807) is 24.3 Å². The van der Waals surface area contributed by atoms with Gasteiger partial charge in [-0.25, -0.2) is 0 Å². The molecular formula is C16H17BO3. The number of rotatable bonds is 4. The van der Waals surface area contributed by atoms with Gasteiger partial charge < -0.3 is 10.0 Å². The minimum atomic E-state index is -1.49. The normalized spacial score (nSPS) is 10.7. The van der Waals surface area contributed by atoms with Crippen LogP contribution in [-0.4, -0.2) is 22.9 Å². The van der Waals surface area contributed by atoms with E-state index in [0.29, 0.717) is 11.0 Å². The Balaban J connectivity index is 2.41. The summed E-state index contributed by atoms with van der Waals surface area (Å²) in [4.78, 5) is 12.0. The van der Waals surface area contributed by atoms with Crippen molar-refractivity contribution in [2.24, 2.45) is 5.92 Å². The second-order valence-electron chi connectivity index (χ2n) is 5.10. The smallest absolute Gasteiger partial charge is 0.423 e. The van der Waals surface area contributed by atoms with Crippen molar-refractivity contribution in [3.05, 3.63) is 54.1 Å². The maximum atomic E-state index is 12.0. The first kappa shape index (κ1) is 14.5. The lowest BCUT2D eigenvalue weighted by atomic mass is 9.79. The summed E-state index contributed by atoms with van der Waals surface area (Å²) in [7, 11) is -1.49. The number of hydrogen-bond acceptors (Lipinski definition) is 3. The largest absolute Gasteiger partial charge is 0.488 e. The fraction of sp³-hybridized carbons (Fsp3) is 0.188. The molecule has 0 radical (unpaired) electrons. The first-order valence-electron chi connectivity index (χ1n) is 6.60. The predicted octanol–water partition coefficient (Wildman–Crippen LogP) is 1.87. The van der Waals surface area contributed by atoms with Crippen LogP contribution in [0.15, 0.2) is 48.5 Å². The van der Waals surface area contributed by atoms with Crippen LogP contribution in [0, 0.1) is 5.92 Å². The third-order valence-electron chi connectivity index (χ3n) is 3.19. The summed E-state index contributed by atoms with van der Waals surface area (Å²) in [6.45, 7) is 3.75. The number of benzene rings is 2. The Kier molecular flexibility index (Phi) is 4.37. The molecule has 0 fully saturated rings. The van der Waals surface area contributed by atoms with Gasteiger partial charge in [-0.05, 0) is 22.7 Å². The van der Waals surface area contributed by atoms with Crippen molar-refractivity contribution >= 4 is 18.4 Å². The lowest BCUT2D eigenvalue weighted by molar-refractivity contribution is 0.0939. The van der Waals surface area contributed by atoms with Crippen LogP contribution in [-0.2, 0) is 0 Å². The molecule has 3 nitrogen and oxygen atoms in total. The topological polar surface area (TPSA) is 57.5 Å². The van der Waals surface area contributed by atoms with Crippen LogP contribution in [0.3, 0.4) is 0 Å². The lowest BCUT2D eigenvalue weighted by Crippen LogP contribution is -2.29. The summed E-state index contributed by atoms with van der Waals surface area (Å²) in [5.74, 6) is 0.0565. The molecule has 0 unspecified atom stereocenters. The van der Waals surface area contributed by atoms with Crippen molar-refractivity contribution in [1.82, 2.24) is 0 Å². The van der Waals surface area contributed by atoms with Gasteiger partial charge in [-0.2, -0.15) is 0 Å². The van der Waals surface area contributed by atoms with E-state index in [-0.39, 0.29) is 11.7 Å². The average molecular weight is 268 g/mol. The maximum absolute atomic E-state index is 12.0. The van der Waals surface area contributed by atoms with Crippen molar-refractivity contribution in [3.8, 4) is 11.1 Å². The third-order valence-corrected chi connectivity index (χ3v) is 3.19. The molecule has 0 spiro atoms. The highest BCUT2D eigenvalue weighted by Gasteiger charge is 2.13. The van der Waals surface area contributed by atoms with Gasteiger partial charge in [0.2, 0.25) is 0 Å². The van der Waals surface area contributed by atoms with E-state index in [4.69, 9.17) is 0 Å². The zero-order chi connectivity index (χ0) is 14.7. The van der Waals surface area contributed by atoms with Gasteiger partial charge in [0, 0.05) is 11.5 Å².